The zero-order valence-electron chi connectivity index (χ0n) is 14.3. The van der Waals surface area contributed by atoms with E-state index in [1.807, 2.05) is 17.5 Å². The second kappa shape index (κ2) is 6.55. The fourth-order valence-corrected chi connectivity index (χ4v) is 3.67. The molecule has 0 radical (unpaired) electrons. The summed E-state index contributed by atoms with van der Waals surface area (Å²) in [6, 6.07) is 13.6. The van der Waals surface area contributed by atoms with Gasteiger partial charge in [0.15, 0.2) is 11.5 Å². The second-order valence-electron chi connectivity index (χ2n) is 6.07. The van der Waals surface area contributed by atoms with Gasteiger partial charge in [-0.1, -0.05) is 34.5 Å². The normalized spacial score (nSPS) is 11.0. The molecule has 0 aliphatic heterocycles. The molecule has 0 atom stereocenters. The van der Waals surface area contributed by atoms with Crippen molar-refractivity contribution in [3.05, 3.63) is 64.0 Å². The van der Waals surface area contributed by atoms with E-state index < -0.39 is 0 Å². The lowest BCUT2D eigenvalue weighted by Crippen LogP contribution is -2.02. The Bertz CT molecular complexity index is 1080. The molecule has 4 aromatic rings. The number of rotatable bonds is 3. The van der Waals surface area contributed by atoms with Gasteiger partial charge in [-0.15, -0.1) is 16.4 Å². The maximum absolute atomic E-state index is 6.28. The topological polar surface area (TPSA) is 69.6 Å². The van der Waals surface area contributed by atoms with Gasteiger partial charge in [0, 0.05) is 16.0 Å². The van der Waals surface area contributed by atoms with Gasteiger partial charge >= 0.3 is 0 Å². The molecule has 5 nitrogen and oxygen atoms in total. The van der Waals surface area contributed by atoms with Crippen molar-refractivity contribution in [2.24, 2.45) is 0 Å². The van der Waals surface area contributed by atoms with Gasteiger partial charge in [-0.3, -0.25) is 0 Å². The van der Waals surface area contributed by atoms with Crippen LogP contribution in [0.1, 0.15) is 11.1 Å². The molecule has 0 amide bonds. The molecule has 0 aliphatic carbocycles. The van der Waals surface area contributed by atoms with Crippen molar-refractivity contribution in [1.82, 2.24) is 20.0 Å². The predicted molar refractivity (Wildman–Crippen MR) is 107 cm³/mol. The molecule has 0 spiro atoms. The first-order valence-electron chi connectivity index (χ1n) is 8.03. The molecule has 0 saturated heterocycles. The third-order valence-corrected chi connectivity index (χ3v) is 5.25. The molecular weight excluding hydrogens is 366 g/mol. The van der Waals surface area contributed by atoms with Gasteiger partial charge in [0.1, 0.15) is 5.01 Å². The molecule has 0 fully saturated rings. The highest BCUT2D eigenvalue weighted by Crippen LogP contribution is 2.33. The summed E-state index contributed by atoms with van der Waals surface area (Å²) in [4.78, 5) is 4.74. The largest absolute Gasteiger partial charge is 0.382 e. The van der Waals surface area contributed by atoms with E-state index in [1.165, 1.54) is 22.5 Å². The fourth-order valence-electron chi connectivity index (χ4n) is 2.73. The van der Waals surface area contributed by atoms with Crippen molar-refractivity contribution in [3.63, 3.8) is 0 Å². The van der Waals surface area contributed by atoms with Crippen molar-refractivity contribution < 1.29 is 0 Å². The van der Waals surface area contributed by atoms with Crippen molar-refractivity contribution in [2.75, 3.05) is 5.73 Å². The molecule has 4 rings (SSSR count). The minimum absolute atomic E-state index is 0.453. The first-order chi connectivity index (χ1) is 12.5. The van der Waals surface area contributed by atoms with Crippen LogP contribution in [0.15, 0.2) is 47.8 Å². The Morgan fingerprint density at radius 2 is 1.85 bits per heavy atom. The maximum atomic E-state index is 6.28. The molecule has 0 saturated carbocycles. The highest BCUT2D eigenvalue weighted by atomic mass is 35.5. The van der Waals surface area contributed by atoms with Crippen LogP contribution in [-0.2, 0) is 0 Å². The number of thiazole rings is 1. The summed E-state index contributed by atoms with van der Waals surface area (Å²) in [6.45, 7) is 4.16. The van der Waals surface area contributed by atoms with E-state index in [1.54, 1.807) is 16.8 Å². The minimum atomic E-state index is 0.453. The van der Waals surface area contributed by atoms with Crippen molar-refractivity contribution >= 4 is 28.8 Å². The molecule has 26 heavy (non-hydrogen) atoms. The minimum Gasteiger partial charge on any atom is -0.382 e. The predicted octanol–water partition coefficient (Wildman–Crippen LogP) is 4.91. The lowest BCUT2D eigenvalue weighted by atomic mass is 10.0. The van der Waals surface area contributed by atoms with E-state index in [2.05, 4.69) is 42.4 Å². The van der Waals surface area contributed by atoms with Crippen LogP contribution >= 0.6 is 22.9 Å². The van der Waals surface area contributed by atoms with Crippen LogP contribution in [0.2, 0.25) is 5.02 Å². The standard InChI is InChI=1S/C19H16ClN5S/c1-11-3-4-12(2)15(9-11)16-10-26-19(22-16)17-18(21)25(24-23-17)14-7-5-13(20)6-8-14/h3-10H,21H2,1-2H3. The third kappa shape index (κ3) is 2.98. The quantitative estimate of drug-likeness (QED) is 0.547. The van der Waals surface area contributed by atoms with Gasteiger partial charge in [0.2, 0.25) is 0 Å². The summed E-state index contributed by atoms with van der Waals surface area (Å²) in [6.07, 6.45) is 0. The van der Waals surface area contributed by atoms with E-state index in [4.69, 9.17) is 22.3 Å². The molecule has 7 heteroatoms. The first-order valence-corrected chi connectivity index (χ1v) is 9.29. The average Bonchev–Trinajstić information content (AvgIpc) is 3.25. The Morgan fingerprint density at radius 1 is 1.08 bits per heavy atom. The van der Waals surface area contributed by atoms with Crippen LogP contribution in [0.25, 0.3) is 27.6 Å². The zero-order chi connectivity index (χ0) is 18.3. The molecule has 0 bridgehead atoms. The molecule has 2 N–H and O–H groups in total. The van der Waals surface area contributed by atoms with E-state index >= 15 is 0 Å². The van der Waals surface area contributed by atoms with Gasteiger partial charge in [-0.2, -0.15) is 4.68 Å². The summed E-state index contributed by atoms with van der Waals surface area (Å²) in [5, 5.41) is 11.8. The van der Waals surface area contributed by atoms with E-state index in [0.29, 0.717) is 16.5 Å². The Balaban J connectivity index is 1.73. The summed E-state index contributed by atoms with van der Waals surface area (Å²) < 4.78 is 1.59. The zero-order valence-corrected chi connectivity index (χ0v) is 15.8. The summed E-state index contributed by atoms with van der Waals surface area (Å²) >= 11 is 7.45. The van der Waals surface area contributed by atoms with Crippen LogP contribution < -0.4 is 5.73 Å². The molecule has 0 unspecified atom stereocenters. The van der Waals surface area contributed by atoms with Crippen LogP contribution in [0.3, 0.4) is 0 Å². The number of hydrogen-bond acceptors (Lipinski definition) is 5. The Morgan fingerprint density at radius 3 is 2.62 bits per heavy atom. The summed E-state index contributed by atoms with van der Waals surface area (Å²) in [5.74, 6) is 0.453. The molecule has 2 aromatic carbocycles. The number of nitrogens with two attached hydrogens (primary N) is 1. The number of hydrogen-bond donors (Lipinski definition) is 1. The Kier molecular flexibility index (Phi) is 4.22. The van der Waals surface area contributed by atoms with Gasteiger partial charge in [-0.05, 0) is 49.7 Å². The molecule has 2 aromatic heterocycles. The number of anilines is 1. The van der Waals surface area contributed by atoms with E-state index in [0.717, 1.165) is 22.0 Å². The monoisotopic (exact) mass is 381 g/mol. The lowest BCUT2D eigenvalue weighted by molar-refractivity contribution is 0.810. The average molecular weight is 382 g/mol. The van der Waals surface area contributed by atoms with Crippen LogP contribution in [0.5, 0.6) is 0 Å². The second-order valence-corrected chi connectivity index (χ2v) is 7.36. The fraction of sp³-hybridized carbons (Fsp3) is 0.105. The summed E-state index contributed by atoms with van der Waals surface area (Å²) in [5.41, 5.74) is 12.1. The van der Waals surface area contributed by atoms with Crippen LogP contribution in [0.4, 0.5) is 5.82 Å². The Hall–Kier alpha value is -2.70. The van der Waals surface area contributed by atoms with Gasteiger partial charge in [0.05, 0.1) is 11.4 Å². The maximum Gasteiger partial charge on any atom is 0.165 e. The molecule has 0 aliphatic rings. The number of benzene rings is 2. The number of halogens is 1. The van der Waals surface area contributed by atoms with Crippen molar-refractivity contribution in [2.45, 2.75) is 13.8 Å². The number of nitrogen functional groups attached to an aromatic ring is 1. The lowest BCUT2D eigenvalue weighted by Gasteiger charge is -2.04. The number of aromatic nitrogens is 4. The number of aryl methyl sites for hydroxylation is 2. The number of nitrogens with zero attached hydrogens (tertiary/aromatic N) is 4. The highest BCUT2D eigenvalue weighted by Gasteiger charge is 2.17. The first kappa shape index (κ1) is 16.8. The van der Waals surface area contributed by atoms with Crippen molar-refractivity contribution in [1.29, 1.82) is 0 Å². The van der Waals surface area contributed by atoms with E-state index in [9.17, 15) is 0 Å². The van der Waals surface area contributed by atoms with Gasteiger partial charge < -0.3 is 5.73 Å². The SMILES string of the molecule is Cc1ccc(C)c(-c2csc(-c3nnn(-c4ccc(Cl)cc4)c3N)n2)c1. The highest BCUT2D eigenvalue weighted by molar-refractivity contribution is 7.13. The van der Waals surface area contributed by atoms with Gasteiger partial charge in [0.25, 0.3) is 0 Å². The van der Waals surface area contributed by atoms with E-state index in [-0.39, 0.29) is 0 Å². The molecular formula is C19H16ClN5S. The van der Waals surface area contributed by atoms with Crippen molar-refractivity contribution in [3.8, 4) is 27.6 Å². The third-order valence-electron chi connectivity index (χ3n) is 4.15. The van der Waals surface area contributed by atoms with Gasteiger partial charge in [-0.25, -0.2) is 4.98 Å². The Labute approximate surface area is 160 Å². The van der Waals surface area contributed by atoms with Crippen LogP contribution in [-0.4, -0.2) is 20.0 Å². The molecule has 2 heterocycles. The molecule has 130 valence electrons. The summed E-state index contributed by atoms with van der Waals surface area (Å²) in [7, 11) is 0. The smallest absolute Gasteiger partial charge is 0.165 e. The van der Waals surface area contributed by atoms with Crippen LogP contribution in [0, 0.1) is 13.8 Å².